The van der Waals surface area contributed by atoms with Gasteiger partial charge in [0.25, 0.3) is 0 Å². The molecule has 3 heteroatoms. The van der Waals surface area contributed by atoms with Gasteiger partial charge in [0.1, 0.15) is 0 Å². The summed E-state index contributed by atoms with van der Waals surface area (Å²) in [5.41, 5.74) is 7.86. The van der Waals surface area contributed by atoms with E-state index >= 15 is 0 Å². The van der Waals surface area contributed by atoms with E-state index in [1.54, 1.807) is 7.11 Å². The third-order valence-electron chi connectivity index (χ3n) is 3.14. The molecular formula is C15H26N2O. The lowest BCUT2D eigenvalue weighted by atomic mass is 10.1. The molecule has 0 fully saturated rings. The van der Waals surface area contributed by atoms with Crippen LogP contribution in [-0.4, -0.2) is 31.2 Å². The molecule has 0 saturated carbocycles. The molecule has 0 radical (unpaired) electrons. The Hall–Kier alpha value is -1.06. The van der Waals surface area contributed by atoms with Crippen LogP contribution < -0.4 is 5.73 Å². The molecule has 2 N–H and O–H groups in total. The van der Waals surface area contributed by atoms with Crippen LogP contribution in [-0.2, 0) is 11.3 Å². The second kappa shape index (κ2) is 8.11. The smallest absolute Gasteiger partial charge is 0.0462 e. The highest BCUT2D eigenvalue weighted by atomic mass is 16.5. The van der Waals surface area contributed by atoms with Gasteiger partial charge in [0.05, 0.1) is 0 Å². The molecular weight excluding hydrogens is 224 g/mol. The molecule has 1 rings (SSSR count). The summed E-state index contributed by atoms with van der Waals surface area (Å²) < 4.78 is 5.08. The van der Waals surface area contributed by atoms with E-state index in [0.29, 0.717) is 6.04 Å². The van der Waals surface area contributed by atoms with Crippen LogP contribution in [0.2, 0.25) is 0 Å². The Morgan fingerprint density at radius 1 is 1.17 bits per heavy atom. The molecule has 0 aliphatic rings. The van der Waals surface area contributed by atoms with Gasteiger partial charge in [-0.3, -0.25) is 4.90 Å². The fourth-order valence-electron chi connectivity index (χ4n) is 1.94. The van der Waals surface area contributed by atoms with Crippen molar-refractivity contribution >= 4 is 5.69 Å². The van der Waals surface area contributed by atoms with E-state index < -0.39 is 0 Å². The normalized spacial score (nSPS) is 11.4. The summed E-state index contributed by atoms with van der Waals surface area (Å²) in [5, 5.41) is 0. The van der Waals surface area contributed by atoms with Crippen LogP contribution in [0.5, 0.6) is 0 Å². The highest BCUT2D eigenvalue weighted by molar-refractivity contribution is 5.39. The van der Waals surface area contributed by atoms with Gasteiger partial charge in [-0.25, -0.2) is 0 Å². The fourth-order valence-corrected chi connectivity index (χ4v) is 1.94. The van der Waals surface area contributed by atoms with E-state index in [4.69, 9.17) is 10.5 Å². The van der Waals surface area contributed by atoms with Gasteiger partial charge in [0.2, 0.25) is 0 Å². The molecule has 102 valence electrons. The topological polar surface area (TPSA) is 38.5 Å². The fraction of sp³-hybridized carbons (Fsp3) is 0.600. The zero-order valence-electron chi connectivity index (χ0n) is 11.9. The number of benzene rings is 1. The van der Waals surface area contributed by atoms with Crippen LogP contribution >= 0.6 is 0 Å². The van der Waals surface area contributed by atoms with E-state index in [2.05, 4.69) is 30.9 Å². The Morgan fingerprint density at radius 2 is 1.83 bits per heavy atom. The summed E-state index contributed by atoms with van der Waals surface area (Å²) in [5.74, 6) is 0. The van der Waals surface area contributed by atoms with Gasteiger partial charge in [0, 0.05) is 32.0 Å². The Labute approximate surface area is 111 Å². The van der Waals surface area contributed by atoms with Crippen LogP contribution in [0, 0.1) is 0 Å². The minimum absolute atomic E-state index is 0.560. The van der Waals surface area contributed by atoms with Crippen molar-refractivity contribution < 1.29 is 4.74 Å². The minimum atomic E-state index is 0.560. The molecule has 0 unspecified atom stereocenters. The molecule has 1 aromatic rings. The van der Waals surface area contributed by atoms with Crippen LogP contribution in [0.25, 0.3) is 0 Å². The lowest BCUT2D eigenvalue weighted by Crippen LogP contribution is -2.31. The first-order valence-corrected chi connectivity index (χ1v) is 6.71. The zero-order valence-corrected chi connectivity index (χ0v) is 11.9. The third kappa shape index (κ3) is 5.52. The summed E-state index contributed by atoms with van der Waals surface area (Å²) in [6.07, 6.45) is 2.31. The second-order valence-electron chi connectivity index (χ2n) is 5.01. The van der Waals surface area contributed by atoms with Gasteiger partial charge in [-0.2, -0.15) is 0 Å². The van der Waals surface area contributed by atoms with Crippen molar-refractivity contribution in [3.05, 3.63) is 29.8 Å². The molecule has 0 bridgehead atoms. The first-order valence-electron chi connectivity index (χ1n) is 6.71. The SMILES string of the molecule is COCCCCN(Cc1ccc(N)cc1)C(C)C. The number of ether oxygens (including phenoxy) is 1. The van der Waals surface area contributed by atoms with Gasteiger partial charge < -0.3 is 10.5 Å². The highest BCUT2D eigenvalue weighted by Crippen LogP contribution is 2.11. The summed E-state index contributed by atoms with van der Waals surface area (Å²) >= 11 is 0. The summed E-state index contributed by atoms with van der Waals surface area (Å²) in [4.78, 5) is 2.49. The predicted molar refractivity (Wildman–Crippen MR) is 77.5 cm³/mol. The van der Waals surface area contributed by atoms with Crippen molar-refractivity contribution in [1.29, 1.82) is 0 Å². The van der Waals surface area contributed by atoms with Crippen LogP contribution in [0.15, 0.2) is 24.3 Å². The van der Waals surface area contributed by atoms with Gasteiger partial charge in [-0.05, 0) is 50.9 Å². The summed E-state index contributed by atoms with van der Waals surface area (Å²) in [7, 11) is 1.76. The van der Waals surface area contributed by atoms with E-state index in [0.717, 1.165) is 31.8 Å². The largest absolute Gasteiger partial charge is 0.399 e. The van der Waals surface area contributed by atoms with Crippen molar-refractivity contribution in [2.45, 2.75) is 39.3 Å². The molecule has 0 atom stereocenters. The van der Waals surface area contributed by atoms with E-state index in [-0.39, 0.29) is 0 Å². The Morgan fingerprint density at radius 3 is 2.39 bits per heavy atom. The number of rotatable bonds is 8. The summed E-state index contributed by atoms with van der Waals surface area (Å²) in [6, 6.07) is 8.72. The molecule has 0 aromatic heterocycles. The standard InChI is InChI=1S/C15H26N2O/c1-13(2)17(10-4-5-11-18-3)12-14-6-8-15(16)9-7-14/h6-9,13H,4-5,10-12,16H2,1-3H3. The van der Waals surface area contributed by atoms with Crippen molar-refractivity contribution in [1.82, 2.24) is 4.90 Å². The van der Waals surface area contributed by atoms with E-state index in [9.17, 15) is 0 Å². The molecule has 3 nitrogen and oxygen atoms in total. The van der Waals surface area contributed by atoms with Crippen LogP contribution in [0.3, 0.4) is 0 Å². The maximum absolute atomic E-state index is 5.70. The Balaban J connectivity index is 2.44. The predicted octanol–water partition coefficient (Wildman–Crippen LogP) is 2.91. The quantitative estimate of drug-likeness (QED) is 0.569. The minimum Gasteiger partial charge on any atom is -0.399 e. The lowest BCUT2D eigenvalue weighted by molar-refractivity contribution is 0.171. The third-order valence-corrected chi connectivity index (χ3v) is 3.14. The van der Waals surface area contributed by atoms with Crippen molar-refractivity contribution in [2.24, 2.45) is 0 Å². The zero-order chi connectivity index (χ0) is 13.4. The number of nitrogens with two attached hydrogens (primary N) is 1. The van der Waals surface area contributed by atoms with Gasteiger partial charge in [-0.15, -0.1) is 0 Å². The Bertz CT molecular complexity index is 322. The number of unbranched alkanes of at least 4 members (excludes halogenated alkanes) is 1. The molecule has 1 aromatic carbocycles. The average Bonchev–Trinajstić information content (AvgIpc) is 2.35. The molecule has 0 saturated heterocycles. The highest BCUT2D eigenvalue weighted by Gasteiger charge is 2.09. The van der Waals surface area contributed by atoms with E-state index in [1.807, 2.05) is 12.1 Å². The van der Waals surface area contributed by atoms with Gasteiger partial charge in [0.15, 0.2) is 0 Å². The van der Waals surface area contributed by atoms with Crippen molar-refractivity contribution in [3.63, 3.8) is 0 Å². The Kier molecular flexibility index (Phi) is 6.76. The van der Waals surface area contributed by atoms with Crippen LogP contribution in [0.4, 0.5) is 5.69 Å². The lowest BCUT2D eigenvalue weighted by Gasteiger charge is -2.26. The average molecular weight is 250 g/mol. The monoisotopic (exact) mass is 250 g/mol. The number of methoxy groups -OCH3 is 1. The number of nitrogen functional groups attached to an aromatic ring is 1. The molecule has 0 aliphatic carbocycles. The first-order chi connectivity index (χ1) is 8.63. The molecule has 0 amide bonds. The second-order valence-corrected chi connectivity index (χ2v) is 5.01. The number of hydrogen-bond acceptors (Lipinski definition) is 3. The maximum Gasteiger partial charge on any atom is 0.0462 e. The molecule has 0 aliphatic heterocycles. The van der Waals surface area contributed by atoms with E-state index in [1.165, 1.54) is 12.0 Å². The van der Waals surface area contributed by atoms with Crippen molar-refractivity contribution in [3.8, 4) is 0 Å². The van der Waals surface area contributed by atoms with Gasteiger partial charge >= 0.3 is 0 Å². The maximum atomic E-state index is 5.70. The number of anilines is 1. The molecule has 0 heterocycles. The van der Waals surface area contributed by atoms with Gasteiger partial charge in [-0.1, -0.05) is 12.1 Å². The number of nitrogens with zero attached hydrogens (tertiary/aromatic N) is 1. The number of hydrogen-bond donors (Lipinski definition) is 1. The van der Waals surface area contributed by atoms with Crippen molar-refractivity contribution in [2.75, 3.05) is 26.0 Å². The molecule has 0 spiro atoms. The summed E-state index contributed by atoms with van der Waals surface area (Å²) in [6.45, 7) is 7.45. The first kappa shape index (κ1) is 15.0. The molecule has 18 heavy (non-hydrogen) atoms. The van der Waals surface area contributed by atoms with Crippen LogP contribution in [0.1, 0.15) is 32.3 Å².